The fourth-order valence-corrected chi connectivity index (χ4v) is 3.27. The Hall–Kier alpha value is -2.71. The summed E-state index contributed by atoms with van der Waals surface area (Å²) in [5, 5.41) is 6.72. The van der Waals surface area contributed by atoms with Gasteiger partial charge >= 0.3 is 0 Å². The van der Waals surface area contributed by atoms with Gasteiger partial charge in [0.15, 0.2) is 5.11 Å². The molecule has 5 N–H and O–H groups in total. The molecule has 0 amide bonds. The second-order valence-electron chi connectivity index (χ2n) is 5.61. The number of nitrogens with zero attached hydrogens (tertiary/aromatic N) is 2. The summed E-state index contributed by atoms with van der Waals surface area (Å²) in [4.78, 5) is 19.2. The number of hydrogen-bond acceptors (Lipinski definition) is 4. The predicted octanol–water partition coefficient (Wildman–Crippen LogP) is 0.839. The molecule has 0 saturated carbocycles. The average molecular weight is 340 g/mol. The van der Waals surface area contributed by atoms with E-state index in [1.807, 2.05) is 28.8 Å². The number of thiocarbonyl (C=S) groups is 1. The normalized spacial score (nSPS) is 12.0. The van der Waals surface area contributed by atoms with E-state index in [0.29, 0.717) is 23.8 Å². The van der Waals surface area contributed by atoms with Crippen LogP contribution >= 0.6 is 12.2 Å². The van der Waals surface area contributed by atoms with Crippen molar-refractivity contribution in [2.24, 2.45) is 5.73 Å². The molecule has 0 unspecified atom stereocenters. The summed E-state index contributed by atoms with van der Waals surface area (Å²) in [6.45, 7) is 1.15. The number of anilines is 1. The number of nitrogens with one attached hydrogen (secondary N) is 3. The summed E-state index contributed by atoms with van der Waals surface area (Å²) in [7, 11) is 0. The standard InChI is InChI=1S/C16H16N6OS/c17-3-4-19-16(24)20-10-1-2-11-9(7-10)8-12-13(11)21-15(23)14-18-5-6-22(12)14/h1-2,5-7H,3-4,8,17H2,(H,21,23)(H2,19,20,24). The second kappa shape index (κ2) is 5.73. The fourth-order valence-electron chi connectivity index (χ4n) is 3.05. The van der Waals surface area contributed by atoms with Gasteiger partial charge in [-0.15, -0.1) is 0 Å². The van der Waals surface area contributed by atoms with Crippen molar-refractivity contribution in [3.05, 3.63) is 52.2 Å². The Morgan fingerprint density at radius 3 is 3.17 bits per heavy atom. The van der Waals surface area contributed by atoms with Gasteiger partial charge in [0.05, 0.1) is 11.4 Å². The minimum absolute atomic E-state index is 0.180. The highest BCUT2D eigenvalue weighted by Crippen LogP contribution is 2.35. The van der Waals surface area contributed by atoms with Crippen LogP contribution in [-0.2, 0) is 6.42 Å². The Bertz CT molecular complexity index is 1010. The molecule has 0 saturated heterocycles. The molecule has 0 aliphatic heterocycles. The van der Waals surface area contributed by atoms with E-state index >= 15 is 0 Å². The smallest absolute Gasteiger partial charge is 0.292 e. The Balaban J connectivity index is 1.69. The van der Waals surface area contributed by atoms with E-state index in [4.69, 9.17) is 18.0 Å². The van der Waals surface area contributed by atoms with Crippen LogP contribution in [-0.4, -0.2) is 32.6 Å². The molecule has 1 aromatic carbocycles. The minimum Gasteiger partial charge on any atom is -0.361 e. The zero-order valence-corrected chi connectivity index (χ0v) is 13.6. The van der Waals surface area contributed by atoms with Gasteiger partial charge in [-0.1, -0.05) is 6.07 Å². The van der Waals surface area contributed by atoms with Crippen molar-refractivity contribution in [2.75, 3.05) is 18.4 Å². The summed E-state index contributed by atoms with van der Waals surface area (Å²) in [5.74, 6) is 0. The molecule has 0 atom stereocenters. The molecule has 3 aromatic rings. The lowest BCUT2D eigenvalue weighted by molar-refractivity contribution is 0.883. The maximum atomic E-state index is 12.1. The summed E-state index contributed by atoms with van der Waals surface area (Å²) in [5.41, 5.74) is 10.7. The number of nitrogens with two attached hydrogens (primary N) is 1. The lowest BCUT2D eigenvalue weighted by Gasteiger charge is -2.10. The molecule has 2 heterocycles. The first-order valence-corrected chi connectivity index (χ1v) is 8.04. The van der Waals surface area contributed by atoms with E-state index in [0.717, 1.165) is 34.6 Å². The highest BCUT2D eigenvalue weighted by atomic mass is 32.1. The SMILES string of the molecule is NCCNC(=S)Nc1ccc2c(c1)Cc1c-2[nH]c(=O)c2nccn12. The molecule has 0 fully saturated rings. The number of aromatic amines is 1. The number of H-pyrrole nitrogens is 1. The maximum absolute atomic E-state index is 12.1. The molecule has 4 rings (SSSR count). The lowest BCUT2D eigenvalue weighted by atomic mass is 10.1. The van der Waals surface area contributed by atoms with Crippen LogP contribution in [0.5, 0.6) is 0 Å². The van der Waals surface area contributed by atoms with E-state index < -0.39 is 0 Å². The third kappa shape index (κ3) is 2.36. The number of benzene rings is 1. The number of rotatable bonds is 3. The van der Waals surface area contributed by atoms with Crippen LogP contribution in [0.1, 0.15) is 11.3 Å². The van der Waals surface area contributed by atoms with Gasteiger partial charge in [0.2, 0.25) is 5.65 Å². The molecule has 24 heavy (non-hydrogen) atoms. The first-order chi connectivity index (χ1) is 11.7. The topological polar surface area (TPSA) is 100 Å². The number of fused-ring (bicyclic) bond motifs is 5. The van der Waals surface area contributed by atoms with Gasteiger partial charge in [-0.25, -0.2) is 4.98 Å². The Kier molecular flexibility index (Phi) is 3.55. The maximum Gasteiger partial charge on any atom is 0.292 e. The zero-order valence-electron chi connectivity index (χ0n) is 12.8. The van der Waals surface area contributed by atoms with Gasteiger partial charge in [-0.3, -0.25) is 9.20 Å². The molecule has 122 valence electrons. The highest BCUT2D eigenvalue weighted by molar-refractivity contribution is 7.80. The van der Waals surface area contributed by atoms with Gasteiger partial charge in [0, 0.05) is 43.2 Å². The largest absolute Gasteiger partial charge is 0.361 e. The van der Waals surface area contributed by atoms with E-state index in [1.165, 1.54) is 0 Å². The van der Waals surface area contributed by atoms with Gasteiger partial charge in [-0.05, 0) is 29.9 Å². The predicted molar refractivity (Wildman–Crippen MR) is 97.3 cm³/mol. The third-order valence-corrected chi connectivity index (χ3v) is 4.33. The van der Waals surface area contributed by atoms with E-state index in [2.05, 4.69) is 20.6 Å². The molecule has 0 spiro atoms. The van der Waals surface area contributed by atoms with Gasteiger partial charge in [0.1, 0.15) is 0 Å². The molecule has 1 aliphatic carbocycles. The molecular formula is C16H16N6OS. The van der Waals surface area contributed by atoms with Crippen LogP contribution in [0.3, 0.4) is 0 Å². The number of aromatic nitrogens is 3. The monoisotopic (exact) mass is 340 g/mol. The minimum atomic E-state index is -0.180. The van der Waals surface area contributed by atoms with E-state index in [9.17, 15) is 4.79 Å². The second-order valence-corrected chi connectivity index (χ2v) is 6.02. The molecule has 1 aliphatic rings. The van der Waals surface area contributed by atoms with E-state index in [-0.39, 0.29) is 5.56 Å². The Morgan fingerprint density at radius 1 is 1.46 bits per heavy atom. The van der Waals surface area contributed by atoms with Crippen molar-refractivity contribution >= 4 is 28.7 Å². The molecule has 8 heteroatoms. The van der Waals surface area contributed by atoms with Gasteiger partial charge < -0.3 is 21.4 Å². The average Bonchev–Trinajstić information content (AvgIpc) is 3.17. The Morgan fingerprint density at radius 2 is 2.33 bits per heavy atom. The van der Waals surface area contributed by atoms with Crippen LogP contribution in [0.15, 0.2) is 35.4 Å². The molecule has 7 nitrogen and oxygen atoms in total. The summed E-state index contributed by atoms with van der Waals surface area (Å²) < 4.78 is 1.86. The van der Waals surface area contributed by atoms with Crippen molar-refractivity contribution in [3.8, 4) is 11.3 Å². The van der Waals surface area contributed by atoms with Crippen molar-refractivity contribution < 1.29 is 0 Å². The molecule has 2 aromatic heterocycles. The summed E-state index contributed by atoms with van der Waals surface area (Å²) in [6.07, 6.45) is 4.19. The molecular weight excluding hydrogens is 324 g/mol. The van der Waals surface area contributed by atoms with Crippen LogP contribution in [0, 0.1) is 0 Å². The van der Waals surface area contributed by atoms with Crippen molar-refractivity contribution in [1.29, 1.82) is 0 Å². The van der Waals surface area contributed by atoms with Crippen molar-refractivity contribution in [2.45, 2.75) is 6.42 Å². The van der Waals surface area contributed by atoms with Crippen LogP contribution in [0.4, 0.5) is 5.69 Å². The van der Waals surface area contributed by atoms with E-state index in [1.54, 1.807) is 6.20 Å². The molecule has 0 radical (unpaired) electrons. The van der Waals surface area contributed by atoms with Crippen LogP contribution in [0.25, 0.3) is 16.9 Å². The van der Waals surface area contributed by atoms with Crippen molar-refractivity contribution in [1.82, 2.24) is 19.7 Å². The third-order valence-electron chi connectivity index (χ3n) is 4.08. The first kappa shape index (κ1) is 14.9. The molecule has 0 bridgehead atoms. The summed E-state index contributed by atoms with van der Waals surface area (Å²) >= 11 is 5.23. The van der Waals surface area contributed by atoms with Crippen molar-refractivity contribution in [3.63, 3.8) is 0 Å². The van der Waals surface area contributed by atoms with Crippen LogP contribution < -0.4 is 21.9 Å². The zero-order chi connectivity index (χ0) is 16.7. The van der Waals surface area contributed by atoms with Gasteiger partial charge in [-0.2, -0.15) is 0 Å². The van der Waals surface area contributed by atoms with Crippen LogP contribution in [0.2, 0.25) is 0 Å². The number of hydrogen-bond donors (Lipinski definition) is 4. The highest BCUT2D eigenvalue weighted by Gasteiger charge is 2.23. The fraction of sp³-hybridized carbons (Fsp3) is 0.188. The number of imidazole rings is 1. The first-order valence-electron chi connectivity index (χ1n) is 7.64. The lowest BCUT2D eigenvalue weighted by Crippen LogP contribution is -2.32. The Labute approximate surface area is 142 Å². The van der Waals surface area contributed by atoms with Gasteiger partial charge in [0.25, 0.3) is 5.56 Å². The summed E-state index contributed by atoms with van der Waals surface area (Å²) in [6, 6.07) is 5.99. The quantitative estimate of drug-likeness (QED) is 0.412.